The van der Waals surface area contributed by atoms with E-state index in [0.29, 0.717) is 23.4 Å². The number of carbonyl (C=O) groups excluding carboxylic acids is 1. The number of anilines is 1. The van der Waals surface area contributed by atoms with Crippen LogP contribution in [0.25, 0.3) is 0 Å². The average Bonchev–Trinajstić information content (AvgIpc) is 2.96. The lowest BCUT2D eigenvalue weighted by molar-refractivity contribution is 0.102. The number of ether oxygens (including phenoxy) is 1. The maximum absolute atomic E-state index is 12.3. The van der Waals surface area contributed by atoms with Crippen molar-refractivity contribution in [3.8, 4) is 11.8 Å². The summed E-state index contributed by atoms with van der Waals surface area (Å²) in [5.41, 5.74) is 2.52. The first-order chi connectivity index (χ1) is 10.2. The van der Waals surface area contributed by atoms with Crippen molar-refractivity contribution in [2.24, 2.45) is 0 Å². The van der Waals surface area contributed by atoms with Gasteiger partial charge in [0.1, 0.15) is 11.8 Å². The van der Waals surface area contributed by atoms with Crippen LogP contribution < -0.4 is 10.1 Å². The molecular weight excluding hydrogens is 332 g/mol. The molecule has 1 N–H and O–H groups in total. The molecule has 21 heavy (non-hydrogen) atoms. The van der Waals surface area contributed by atoms with Gasteiger partial charge in [0.25, 0.3) is 5.91 Å². The number of rotatable bonds is 2. The van der Waals surface area contributed by atoms with Crippen molar-refractivity contribution in [3.63, 3.8) is 0 Å². The number of halogens is 1. The quantitative estimate of drug-likeness (QED) is 0.908. The third-order valence-corrected chi connectivity index (χ3v) is 3.80. The first-order valence-electron chi connectivity index (χ1n) is 6.44. The van der Waals surface area contributed by atoms with Gasteiger partial charge in [-0.15, -0.1) is 0 Å². The minimum absolute atomic E-state index is 0.233. The lowest BCUT2D eigenvalue weighted by Crippen LogP contribution is -2.13. The van der Waals surface area contributed by atoms with Gasteiger partial charge >= 0.3 is 0 Å². The number of benzene rings is 2. The fraction of sp³-hybridized carbons (Fsp3) is 0.125. The van der Waals surface area contributed by atoms with Gasteiger partial charge in [0, 0.05) is 16.5 Å². The van der Waals surface area contributed by atoms with Crippen LogP contribution in [0.1, 0.15) is 21.5 Å². The smallest absolute Gasteiger partial charge is 0.255 e. The Morgan fingerprint density at radius 1 is 1.29 bits per heavy atom. The minimum atomic E-state index is -0.233. The van der Waals surface area contributed by atoms with Gasteiger partial charge in [-0.25, -0.2) is 0 Å². The first-order valence-corrected chi connectivity index (χ1v) is 7.23. The fourth-order valence-electron chi connectivity index (χ4n) is 2.24. The molecule has 0 fully saturated rings. The lowest BCUT2D eigenvalue weighted by Gasteiger charge is -2.08. The summed E-state index contributed by atoms with van der Waals surface area (Å²) in [6.45, 7) is 0.658. The standard InChI is InChI=1S/C16H11BrN2O2/c17-13-2-3-14(12(8-13)9-18)19-16(20)11-1-4-15-10(7-11)5-6-21-15/h1-4,7-8H,5-6H2,(H,19,20). The highest BCUT2D eigenvalue weighted by atomic mass is 79.9. The summed E-state index contributed by atoms with van der Waals surface area (Å²) in [6, 6.07) is 12.6. The Hall–Kier alpha value is -2.32. The van der Waals surface area contributed by atoms with Crippen molar-refractivity contribution in [1.29, 1.82) is 5.26 Å². The van der Waals surface area contributed by atoms with E-state index in [0.717, 1.165) is 22.2 Å². The molecule has 5 heteroatoms. The number of nitrogens with zero attached hydrogens (tertiary/aromatic N) is 1. The molecule has 0 unspecified atom stereocenters. The van der Waals surface area contributed by atoms with Crippen molar-refractivity contribution in [2.75, 3.05) is 11.9 Å². The maximum atomic E-state index is 12.3. The topological polar surface area (TPSA) is 62.1 Å². The molecule has 1 heterocycles. The van der Waals surface area contributed by atoms with E-state index in [9.17, 15) is 4.79 Å². The zero-order valence-corrected chi connectivity index (χ0v) is 12.6. The highest BCUT2D eigenvalue weighted by molar-refractivity contribution is 9.10. The monoisotopic (exact) mass is 342 g/mol. The highest BCUT2D eigenvalue weighted by Gasteiger charge is 2.16. The first kappa shape index (κ1) is 13.7. The second-order valence-corrected chi connectivity index (χ2v) is 5.59. The molecule has 1 amide bonds. The molecule has 3 rings (SSSR count). The molecule has 0 spiro atoms. The van der Waals surface area contributed by atoms with E-state index in [-0.39, 0.29) is 5.91 Å². The summed E-state index contributed by atoms with van der Waals surface area (Å²) >= 11 is 3.30. The van der Waals surface area contributed by atoms with Gasteiger partial charge in [-0.2, -0.15) is 5.26 Å². The molecule has 1 aliphatic heterocycles. The molecule has 0 aromatic heterocycles. The van der Waals surface area contributed by atoms with Gasteiger partial charge in [-0.05, 0) is 42.0 Å². The molecule has 0 radical (unpaired) electrons. The third kappa shape index (κ3) is 2.76. The van der Waals surface area contributed by atoms with Crippen molar-refractivity contribution >= 4 is 27.5 Å². The van der Waals surface area contributed by atoms with E-state index in [4.69, 9.17) is 10.00 Å². The predicted octanol–water partition coefficient (Wildman–Crippen LogP) is 3.51. The Balaban J connectivity index is 1.85. The summed E-state index contributed by atoms with van der Waals surface area (Å²) < 4.78 is 6.22. The number of nitriles is 1. The summed E-state index contributed by atoms with van der Waals surface area (Å²) in [4.78, 5) is 12.3. The van der Waals surface area contributed by atoms with E-state index in [1.807, 2.05) is 12.1 Å². The van der Waals surface area contributed by atoms with Crippen LogP contribution in [0.4, 0.5) is 5.69 Å². The largest absolute Gasteiger partial charge is 0.493 e. The number of carbonyl (C=O) groups is 1. The van der Waals surface area contributed by atoms with E-state index in [2.05, 4.69) is 27.3 Å². The molecule has 104 valence electrons. The Labute approximate surface area is 130 Å². The zero-order chi connectivity index (χ0) is 14.8. The predicted molar refractivity (Wildman–Crippen MR) is 82.5 cm³/mol. The molecule has 1 aliphatic rings. The van der Waals surface area contributed by atoms with Crippen LogP contribution in [0.3, 0.4) is 0 Å². The van der Waals surface area contributed by atoms with E-state index < -0.39 is 0 Å². The summed E-state index contributed by atoms with van der Waals surface area (Å²) in [6.07, 6.45) is 0.818. The fourth-order valence-corrected chi connectivity index (χ4v) is 2.60. The van der Waals surface area contributed by atoms with Crippen LogP contribution >= 0.6 is 15.9 Å². The highest BCUT2D eigenvalue weighted by Crippen LogP contribution is 2.26. The van der Waals surface area contributed by atoms with Gasteiger partial charge in [0.2, 0.25) is 0 Å². The number of fused-ring (bicyclic) bond motifs is 1. The molecule has 4 nitrogen and oxygen atoms in total. The third-order valence-electron chi connectivity index (χ3n) is 3.30. The Morgan fingerprint density at radius 3 is 2.95 bits per heavy atom. The van der Waals surface area contributed by atoms with E-state index in [1.165, 1.54) is 0 Å². The zero-order valence-electron chi connectivity index (χ0n) is 11.0. The van der Waals surface area contributed by atoms with Crippen LogP contribution in [0.15, 0.2) is 40.9 Å². The number of nitrogens with one attached hydrogen (secondary N) is 1. The van der Waals surface area contributed by atoms with Crippen LogP contribution in [-0.2, 0) is 6.42 Å². The van der Waals surface area contributed by atoms with E-state index >= 15 is 0 Å². The molecule has 2 aromatic rings. The van der Waals surface area contributed by atoms with Crippen molar-refractivity contribution in [2.45, 2.75) is 6.42 Å². The minimum Gasteiger partial charge on any atom is -0.493 e. The molecule has 0 aliphatic carbocycles. The molecule has 2 aromatic carbocycles. The second-order valence-electron chi connectivity index (χ2n) is 4.68. The van der Waals surface area contributed by atoms with Crippen LogP contribution in [0.5, 0.6) is 5.75 Å². The summed E-state index contributed by atoms with van der Waals surface area (Å²) in [7, 11) is 0. The lowest BCUT2D eigenvalue weighted by atomic mass is 10.1. The van der Waals surface area contributed by atoms with Crippen LogP contribution in [0, 0.1) is 11.3 Å². The van der Waals surface area contributed by atoms with Gasteiger partial charge in [0.05, 0.1) is 17.9 Å². The Bertz CT molecular complexity index is 765. The van der Waals surface area contributed by atoms with Gasteiger partial charge in [-0.1, -0.05) is 15.9 Å². The molecule has 0 saturated carbocycles. The van der Waals surface area contributed by atoms with Crippen molar-refractivity contribution in [3.05, 3.63) is 57.6 Å². The average molecular weight is 343 g/mol. The SMILES string of the molecule is N#Cc1cc(Br)ccc1NC(=O)c1ccc2c(c1)CCO2. The van der Waals surface area contributed by atoms with Gasteiger partial charge < -0.3 is 10.1 Å². The molecule has 0 bridgehead atoms. The Morgan fingerprint density at radius 2 is 2.14 bits per heavy atom. The normalized spacial score (nSPS) is 12.2. The van der Waals surface area contributed by atoms with Crippen molar-refractivity contribution < 1.29 is 9.53 Å². The summed E-state index contributed by atoms with van der Waals surface area (Å²) in [5.74, 6) is 0.608. The Kier molecular flexibility index (Phi) is 3.63. The van der Waals surface area contributed by atoms with Crippen molar-refractivity contribution in [1.82, 2.24) is 0 Å². The van der Waals surface area contributed by atoms with Crippen LogP contribution in [0.2, 0.25) is 0 Å². The van der Waals surface area contributed by atoms with E-state index in [1.54, 1.807) is 24.3 Å². The van der Waals surface area contributed by atoms with Gasteiger partial charge in [0.15, 0.2) is 0 Å². The van der Waals surface area contributed by atoms with Crippen LogP contribution in [-0.4, -0.2) is 12.5 Å². The molecular formula is C16H11BrN2O2. The number of hydrogen-bond donors (Lipinski definition) is 1. The number of amides is 1. The molecule has 0 saturated heterocycles. The van der Waals surface area contributed by atoms with Gasteiger partial charge in [-0.3, -0.25) is 4.79 Å². The molecule has 0 atom stereocenters. The maximum Gasteiger partial charge on any atom is 0.255 e. The summed E-state index contributed by atoms with van der Waals surface area (Å²) in [5, 5.41) is 11.9. The second kappa shape index (κ2) is 5.58. The number of hydrogen-bond acceptors (Lipinski definition) is 3.